The van der Waals surface area contributed by atoms with Gasteiger partial charge in [-0.15, -0.1) is 0 Å². The Morgan fingerprint density at radius 3 is 2.71 bits per heavy atom. The molecule has 2 amide bonds. The molecule has 116 valence electrons. The fourth-order valence-electron chi connectivity index (χ4n) is 2.19. The Morgan fingerprint density at radius 2 is 2.00 bits per heavy atom. The number of rotatable bonds is 6. The summed E-state index contributed by atoms with van der Waals surface area (Å²) in [6.07, 6.45) is 3.23. The zero-order valence-corrected chi connectivity index (χ0v) is 12.0. The van der Waals surface area contributed by atoms with E-state index in [9.17, 15) is 9.18 Å². The number of anilines is 1. The van der Waals surface area contributed by atoms with E-state index in [0.29, 0.717) is 24.9 Å². The van der Waals surface area contributed by atoms with E-state index in [1.165, 1.54) is 24.3 Å². The number of carbonyl (C=O) groups is 1. The van der Waals surface area contributed by atoms with Crippen LogP contribution in [0.25, 0.3) is 0 Å². The van der Waals surface area contributed by atoms with Gasteiger partial charge in [-0.1, -0.05) is 0 Å². The van der Waals surface area contributed by atoms with Crippen LogP contribution in [0.2, 0.25) is 0 Å². The van der Waals surface area contributed by atoms with Crippen LogP contribution in [-0.2, 0) is 4.74 Å². The van der Waals surface area contributed by atoms with Crippen LogP contribution in [0.5, 0.6) is 0 Å². The molecule has 1 fully saturated rings. The molecule has 1 aromatic carbocycles. The lowest BCUT2D eigenvalue weighted by molar-refractivity contribution is 0.0321. The third-order valence-electron chi connectivity index (χ3n) is 3.35. The van der Waals surface area contributed by atoms with Gasteiger partial charge in [-0.05, 0) is 56.6 Å². The second-order valence-corrected chi connectivity index (χ2v) is 5.06. The van der Waals surface area contributed by atoms with E-state index in [4.69, 9.17) is 4.74 Å². The molecule has 0 bridgehead atoms. The molecule has 0 radical (unpaired) electrons. The molecular formula is C15H22FN3O2. The van der Waals surface area contributed by atoms with Crippen LogP contribution in [0.15, 0.2) is 24.3 Å². The highest BCUT2D eigenvalue weighted by Gasteiger charge is 2.12. The first-order valence-corrected chi connectivity index (χ1v) is 7.37. The maximum absolute atomic E-state index is 12.7. The van der Waals surface area contributed by atoms with Crippen LogP contribution in [0.4, 0.5) is 14.9 Å². The van der Waals surface area contributed by atoms with Crippen molar-refractivity contribution in [2.45, 2.75) is 25.4 Å². The lowest BCUT2D eigenvalue weighted by Gasteiger charge is -2.22. The van der Waals surface area contributed by atoms with Crippen LogP contribution in [0.3, 0.4) is 0 Å². The van der Waals surface area contributed by atoms with Crippen LogP contribution < -0.4 is 16.0 Å². The second kappa shape index (κ2) is 8.59. The number of nitrogens with one attached hydrogen (secondary N) is 3. The smallest absolute Gasteiger partial charge is 0.319 e. The van der Waals surface area contributed by atoms with Gasteiger partial charge < -0.3 is 20.7 Å². The first-order chi connectivity index (χ1) is 10.2. The monoisotopic (exact) mass is 295 g/mol. The molecule has 6 heteroatoms. The predicted molar refractivity (Wildman–Crippen MR) is 79.9 cm³/mol. The Hall–Kier alpha value is -1.66. The van der Waals surface area contributed by atoms with Crippen molar-refractivity contribution in [2.75, 3.05) is 31.6 Å². The van der Waals surface area contributed by atoms with Crippen molar-refractivity contribution in [1.29, 1.82) is 0 Å². The molecule has 3 N–H and O–H groups in total. The summed E-state index contributed by atoms with van der Waals surface area (Å²) < 4.78 is 18.5. The third-order valence-corrected chi connectivity index (χ3v) is 3.35. The van der Waals surface area contributed by atoms with Crippen molar-refractivity contribution in [3.63, 3.8) is 0 Å². The molecule has 1 saturated heterocycles. The van der Waals surface area contributed by atoms with E-state index < -0.39 is 0 Å². The van der Waals surface area contributed by atoms with Gasteiger partial charge in [0.2, 0.25) is 0 Å². The van der Waals surface area contributed by atoms with Gasteiger partial charge in [0, 0.05) is 18.8 Å². The number of piperidine rings is 1. The standard InChI is InChI=1S/C15H22FN3O2/c16-12-2-4-13(5-3-12)19-15(20)18-8-1-11-21-14-6-9-17-10-7-14/h2-5,14,17H,1,6-11H2,(H2,18,19,20). The molecule has 0 unspecified atom stereocenters. The summed E-state index contributed by atoms with van der Waals surface area (Å²) in [4.78, 5) is 11.6. The van der Waals surface area contributed by atoms with Crippen LogP contribution >= 0.6 is 0 Å². The molecule has 1 aromatic rings. The molecule has 1 aliphatic heterocycles. The molecular weight excluding hydrogens is 273 g/mol. The summed E-state index contributed by atoms with van der Waals surface area (Å²) in [5, 5.41) is 8.68. The molecule has 0 spiro atoms. The molecule has 0 aromatic heterocycles. The quantitative estimate of drug-likeness (QED) is 0.704. The first-order valence-electron chi connectivity index (χ1n) is 7.37. The summed E-state index contributed by atoms with van der Waals surface area (Å²) >= 11 is 0. The minimum absolute atomic E-state index is 0.288. The van der Waals surface area contributed by atoms with Crippen molar-refractivity contribution in [3.8, 4) is 0 Å². The zero-order chi connectivity index (χ0) is 14.9. The Balaban J connectivity index is 1.53. The molecule has 1 aliphatic rings. The highest BCUT2D eigenvalue weighted by molar-refractivity contribution is 5.89. The van der Waals surface area contributed by atoms with Crippen molar-refractivity contribution < 1.29 is 13.9 Å². The van der Waals surface area contributed by atoms with Gasteiger partial charge >= 0.3 is 6.03 Å². The van der Waals surface area contributed by atoms with E-state index in [1.807, 2.05) is 0 Å². The minimum Gasteiger partial charge on any atom is -0.378 e. The molecule has 21 heavy (non-hydrogen) atoms. The van der Waals surface area contributed by atoms with Crippen molar-refractivity contribution in [2.24, 2.45) is 0 Å². The number of halogens is 1. The number of ether oxygens (including phenoxy) is 1. The molecule has 5 nitrogen and oxygen atoms in total. The molecule has 2 rings (SSSR count). The summed E-state index contributed by atoms with van der Waals surface area (Å²) in [5.74, 6) is -0.323. The maximum atomic E-state index is 12.7. The van der Waals surface area contributed by atoms with Gasteiger partial charge in [0.25, 0.3) is 0 Å². The summed E-state index contributed by atoms with van der Waals surface area (Å²) in [6.45, 7) is 3.24. The number of benzene rings is 1. The SMILES string of the molecule is O=C(NCCCOC1CCNCC1)Nc1ccc(F)cc1. The number of carbonyl (C=O) groups excluding carboxylic acids is 1. The van der Waals surface area contributed by atoms with E-state index in [2.05, 4.69) is 16.0 Å². The highest BCUT2D eigenvalue weighted by Crippen LogP contribution is 2.08. The van der Waals surface area contributed by atoms with E-state index in [0.717, 1.165) is 32.4 Å². The van der Waals surface area contributed by atoms with E-state index in [-0.39, 0.29) is 11.8 Å². The fraction of sp³-hybridized carbons (Fsp3) is 0.533. The number of urea groups is 1. The van der Waals surface area contributed by atoms with Crippen LogP contribution in [0, 0.1) is 5.82 Å². The average molecular weight is 295 g/mol. The number of hydrogen-bond donors (Lipinski definition) is 3. The van der Waals surface area contributed by atoms with Gasteiger partial charge in [-0.2, -0.15) is 0 Å². The predicted octanol–water partition coefficient (Wildman–Crippen LogP) is 2.11. The van der Waals surface area contributed by atoms with Crippen LogP contribution in [0.1, 0.15) is 19.3 Å². The number of hydrogen-bond acceptors (Lipinski definition) is 3. The number of amides is 2. The molecule has 0 aliphatic carbocycles. The summed E-state index contributed by atoms with van der Waals surface area (Å²) in [5.41, 5.74) is 0.569. The topological polar surface area (TPSA) is 62.4 Å². The van der Waals surface area contributed by atoms with E-state index >= 15 is 0 Å². The van der Waals surface area contributed by atoms with Crippen LogP contribution in [-0.4, -0.2) is 38.4 Å². The largest absolute Gasteiger partial charge is 0.378 e. The van der Waals surface area contributed by atoms with Crippen molar-refractivity contribution >= 4 is 11.7 Å². The molecule has 0 saturated carbocycles. The lowest BCUT2D eigenvalue weighted by atomic mass is 10.1. The Kier molecular flexibility index (Phi) is 6.43. The zero-order valence-electron chi connectivity index (χ0n) is 12.0. The van der Waals surface area contributed by atoms with Gasteiger partial charge in [0.1, 0.15) is 5.82 Å². The Bertz CT molecular complexity index is 433. The highest BCUT2D eigenvalue weighted by atomic mass is 19.1. The molecule has 0 atom stereocenters. The first kappa shape index (κ1) is 15.7. The normalized spacial score (nSPS) is 15.7. The van der Waals surface area contributed by atoms with Gasteiger partial charge in [-0.3, -0.25) is 0 Å². The van der Waals surface area contributed by atoms with Crippen molar-refractivity contribution in [3.05, 3.63) is 30.1 Å². The lowest BCUT2D eigenvalue weighted by Crippen LogP contribution is -2.33. The Morgan fingerprint density at radius 1 is 1.29 bits per heavy atom. The Labute approximate surface area is 124 Å². The summed E-state index contributed by atoms with van der Waals surface area (Å²) in [7, 11) is 0. The van der Waals surface area contributed by atoms with E-state index in [1.54, 1.807) is 0 Å². The van der Waals surface area contributed by atoms with Gasteiger partial charge in [-0.25, -0.2) is 9.18 Å². The maximum Gasteiger partial charge on any atom is 0.319 e. The third kappa shape index (κ3) is 6.10. The fourth-order valence-corrected chi connectivity index (χ4v) is 2.19. The van der Waals surface area contributed by atoms with Gasteiger partial charge in [0.05, 0.1) is 6.10 Å². The minimum atomic E-state index is -0.323. The second-order valence-electron chi connectivity index (χ2n) is 5.06. The average Bonchev–Trinajstić information content (AvgIpc) is 2.50. The molecule has 1 heterocycles. The van der Waals surface area contributed by atoms with Crippen molar-refractivity contribution in [1.82, 2.24) is 10.6 Å². The van der Waals surface area contributed by atoms with Gasteiger partial charge in [0.15, 0.2) is 0 Å². The summed E-state index contributed by atoms with van der Waals surface area (Å²) in [6, 6.07) is 5.37.